The second-order valence-electron chi connectivity index (χ2n) is 10.6. The summed E-state index contributed by atoms with van der Waals surface area (Å²) in [6, 6.07) is 14.9. The van der Waals surface area contributed by atoms with Crippen molar-refractivity contribution in [2.45, 2.75) is 61.2 Å². The summed E-state index contributed by atoms with van der Waals surface area (Å²) in [6.07, 6.45) is 5.07. The number of fused-ring (bicyclic) bond motifs is 1. The van der Waals surface area contributed by atoms with Crippen LogP contribution in [-0.2, 0) is 32.7 Å². The van der Waals surface area contributed by atoms with Crippen molar-refractivity contribution in [3.8, 4) is 11.5 Å². The van der Waals surface area contributed by atoms with E-state index in [0.29, 0.717) is 26.4 Å². The van der Waals surface area contributed by atoms with Crippen molar-refractivity contribution in [1.82, 2.24) is 4.90 Å². The Balaban J connectivity index is 1.39. The van der Waals surface area contributed by atoms with Gasteiger partial charge in [-0.15, -0.1) is 6.58 Å². The second kappa shape index (κ2) is 7.81. The number of likely N-dealkylation sites (N-methyl/N-ethyl adjacent to an activating group) is 1. The molecule has 2 spiro atoms. The molecular weight excluding hydrogens is 442 g/mol. The smallest absolute Gasteiger partial charge is 0.207 e. The monoisotopic (exact) mass is 475 g/mol. The molecule has 1 saturated carbocycles. The van der Waals surface area contributed by atoms with Gasteiger partial charge in [-0.1, -0.05) is 42.5 Å². The number of rotatable bonds is 6. The summed E-state index contributed by atoms with van der Waals surface area (Å²) < 4.78 is 33.1. The Bertz CT molecular complexity index is 1150. The van der Waals surface area contributed by atoms with Crippen LogP contribution in [0.1, 0.15) is 36.0 Å². The maximum Gasteiger partial charge on any atom is 0.207 e. The van der Waals surface area contributed by atoms with Crippen LogP contribution in [0.2, 0.25) is 0 Å². The Labute approximate surface area is 206 Å². The normalized spacial score (nSPS) is 33.9. The average Bonchev–Trinajstić information content (AvgIpc) is 3.50. The highest BCUT2D eigenvalue weighted by atomic mass is 16.8. The number of benzene rings is 2. The molecule has 0 aromatic heterocycles. The van der Waals surface area contributed by atoms with E-state index in [0.717, 1.165) is 49.3 Å². The zero-order valence-corrected chi connectivity index (χ0v) is 20.3. The number of piperidine rings is 1. The average molecular weight is 476 g/mol. The zero-order valence-electron chi connectivity index (χ0n) is 20.3. The van der Waals surface area contributed by atoms with Gasteiger partial charge in [0, 0.05) is 18.0 Å². The van der Waals surface area contributed by atoms with Gasteiger partial charge in [0.15, 0.2) is 17.6 Å². The van der Waals surface area contributed by atoms with Gasteiger partial charge >= 0.3 is 0 Å². The van der Waals surface area contributed by atoms with Crippen LogP contribution in [0, 0.1) is 0 Å². The van der Waals surface area contributed by atoms with Gasteiger partial charge in [0.25, 0.3) is 0 Å². The fraction of sp³-hybridized carbons (Fsp3) is 0.517. The molecule has 4 atom stereocenters. The quantitative estimate of drug-likeness (QED) is 0.589. The molecule has 6 heteroatoms. The lowest BCUT2D eigenvalue weighted by molar-refractivity contribution is -0.303. The highest BCUT2D eigenvalue weighted by Gasteiger charge is 2.78. The van der Waals surface area contributed by atoms with Crippen LogP contribution in [0.25, 0.3) is 0 Å². The molecule has 2 aromatic carbocycles. The van der Waals surface area contributed by atoms with Crippen LogP contribution in [-0.4, -0.2) is 61.8 Å². The molecule has 35 heavy (non-hydrogen) atoms. The summed E-state index contributed by atoms with van der Waals surface area (Å²) in [5.74, 6) is 0.907. The molecule has 3 aliphatic heterocycles. The standard InChI is InChI=1S/C29H33NO5/c1-3-15-32-28-11-12-29(33-16-17-34-29)26-27(28)13-14-30(2)23(28)18-21-9-10-22(25(35-26)24(21)27)31-19-20-7-5-4-6-8-20/h3-10,23,26H,1,11-19H2,2H3/t23-,26-,27+,28-/m1/s1. The van der Waals surface area contributed by atoms with E-state index in [1.54, 1.807) is 0 Å². The lowest BCUT2D eigenvalue weighted by atomic mass is 9.48. The molecule has 0 unspecified atom stereocenters. The molecule has 2 saturated heterocycles. The number of hydrogen-bond acceptors (Lipinski definition) is 6. The molecule has 2 aromatic rings. The Morgan fingerprint density at radius 2 is 1.91 bits per heavy atom. The van der Waals surface area contributed by atoms with Crippen molar-refractivity contribution in [3.63, 3.8) is 0 Å². The van der Waals surface area contributed by atoms with E-state index in [4.69, 9.17) is 23.7 Å². The van der Waals surface area contributed by atoms with Crippen LogP contribution in [0.3, 0.4) is 0 Å². The van der Waals surface area contributed by atoms with Gasteiger partial charge in [-0.2, -0.15) is 0 Å². The first kappa shape index (κ1) is 21.9. The molecule has 2 aliphatic carbocycles. The number of hydrogen-bond donors (Lipinski definition) is 0. The van der Waals surface area contributed by atoms with Crippen LogP contribution in [0.5, 0.6) is 11.5 Å². The molecule has 184 valence electrons. The Morgan fingerprint density at radius 1 is 1.09 bits per heavy atom. The van der Waals surface area contributed by atoms with Gasteiger partial charge in [-0.05, 0) is 50.0 Å². The highest BCUT2D eigenvalue weighted by molar-refractivity contribution is 5.63. The largest absolute Gasteiger partial charge is 0.485 e. The lowest BCUT2D eigenvalue weighted by Crippen LogP contribution is -2.79. The third-order valence-electron chi connectivity index (χ3n) is 9.15. The fourth-order valence-corrected chi connectivity index (χ4v) is 7.79. The summed E-state index contributed by atoms with van der Waals surface area (Å²) in [4.78, 5) is 2.49. The number of ether oxygens (including phenoxy) is 5. The number of nitrogens with zero attached hydrogens (tertiary/aromatic N) is 1. The van der Waals surface area contributed by atoms with E-state index in [9.17, 15) is 0 Å². The third kappa shape index (κ3) is 2.80. The first-order valence-electron chi connectivity index (χ1n) is 12.9. The van der Waals surface area contributed by atoms with E-state index in [-0.39, 0.29) is 17.6 Å². The minimum atomic E-state index is -0.744. The summed E-state index contributed by atoms with van der Waals surface area (Å²) in [5, 5.41) is 0. The van der Waals surface area contributed by atoms with Crippen molar-refractivity contribution < 1.29 is 23.7 Å². The van der Waals surface area contributed by atoms with Crippen molar-refractivity contribution in [1.29, 1.82) is 0 Å². The van der Waals surface area contributed by atoms with E-state index in [1.807, 2.05) is 24.3 Å². The number of likely N-dealkylation sites (tertiary alicyclic amines) is 1. The van der Waals surface area contributed by atoms with E-state index in [1.165, 1.54) is 11.1 Å². The first-order valence-corrected chi connectivity index (χ1v) is 12.9. The minimum absolute atomic E-state index is 0.260. The topological polar surface area (TPSA) is 49.4 Å². The van der Waals surface area contributed by atoms with E-state index in [2.05, 4.69) is 42.8 Å². The Kier molecular flexibility index (Phi) is 4.88. The third-order valence-corrected chi connectivity index (χ3v) is 9.15. The van der Waals surface area contributed by atoms with Crippen molar-refractivity contribution in [3.05, 3.63) is 71.8 Å². The van der Waals surface area contributed by atoms with Crippen LogP contribution >= 0.6 is 0 Å². The predicted octanol–water partition coefficient (Wildman–Crippen LogP) is 4.00. The van der Waals surface area contributed by atoms with Crippen LogP contribution in [0.15, 0.2) is 55.1 Å². The minimum Gasteiger partial charge on any atom is -0.485 e. The molecule has 3 heterocycles. The van der Waals surface area contributed by atoms with Crippen LogP contribution < -0.4 is 9.47 Å². The van der Waals surface area contributed by atoms with Gasteiger partial charge in [-0.3, -0.25) is 0 Å². The molecule has 0 radical (unpaired) electrons. The maximum absolute atomic E-state index is 6.98. The highest BCUT2D eigenvalue weighted by Crippen LogP contribution is 2.69. The predicted molar refractivity (Wildman–Crippen MR) is 131 cm³/mol. The molecule has 6 nitrogen and oxygen atoms in total. The van der Waals surface area contributed by atoms with Gasteiger partial charge in [0.05, 0.1) is 30.8 Å². The summed E-state index contributed by atoms with van der Waals surface area (Å²) in [7, 11) is 2.23. The second-order valence-corrected chi connectivity index (χ2v) is 10.6. The van der Waals surface area contributed by atoms with Crippen LogP contribution in [0.4, 0.5) is 0 Å². The molecular formula is C29H33NO5. The van der Waals surface area contributed by atoms with Gasteiger partial charge in [0.1, 0.15) is 6.61 Å². The Morgan fingerprint density at radius 3 is 2.71 bits per heavy atom. The summed E-state index contributed by atoms with van der Waals surface area (Å²) in [6.45, 7) is 7.15. The summed E-state index contributed by atoms with van der Waals surface area (Å²) >= 11 is 0. The van der Waals surface area contributed by atoms with Gasteiger partial charge in [0.2, 0.25) is 5.79 Å². The summed E-state index contributed by atoms with van der Waals surface area (Å²) in [5.41, 5.74) is 2.98. The van der Waals surface area contributed by atoms with Crippen molar-refractivity contribution in [2.75, 3.05) is 33.4 Å². The van der Waals surface area contributed by atoms with Gasteiger partial charge in [-0.25, -0.2) is 0 Å². The Hall–Kier alpha value is -2.38. The molecule has 2 bridgehead atoms. The fourth-order valence-electron chi connectivity index (χ4n) is 7.79. The van der Waals surface area contributed by atoms with E-state index < -0.39 is 11.4 Å². The molecule has 3 fully saturated rings. The first-order chi connectivity index (χ1) is 17.1. The van der Waals surface area contributed by atoms with Crippen molar-refractivity contribution in [2.24, 2.45) is 0 Å². The zero-order chi connectivity index (χ0) is 23.7. The molecule has 7 rings (SSSR count). The SMILES string of the molecule is C=CCO[C@@]12CCC3(OCCO3)[C@@H]3Oc4c(OCc5ccccc5)ccc5c4[C@@]31CCN(C)[C@@H]2C5. The lowest BCUT2D eigenvalue weighted by Gasteiger charge is -2.66. The molecule has 0 N–H and O–H groups in total. The molecule has 0 amide bonds. The van der Waals surface area contributed by atoms with Gasteiger partial charge < -0.3 is 28.6 Å². The maximum atomic E-state index is 6.98. The molecule has 5 aliphatic rings. The van der Waals surface area contributed by atoms with E-state index >= 15 is 0 Å². The van der Waals surface area contributed by atoms with Crippen molar-refractivity contribution >= 4 is 0 Å².